The van der Waals surface area contributed by atoms with Gasteiger partial charge in [-0.05, 0) is 38.0 Å². The Morgan fingerprint density at radius 2 is 2.10 bits per heavy atom. The summed E-state index contributed by atoms with van der Waals surface area (Å²) in [5.74, 6) is -2.84. The number of aliphatic hydroxyl groups is 1. The predicted octanol–water partition coefficient (Wildman–Crippen LogP) is 4.14. The Morgan fingerprint density at radius 1 is 1.29 bits per heavy atom. The third-order valence-electron chi connectivity index (χ3n) is 5.63. The minimum Gasteiger partial charge on any atom is -0.390 e. The van der Waals surface area contributed by atoms with Crippen molar-refractivity contribution in [3.8, 4) is 0 Å². The molecule has 9 heteroatoms. The third-order valence-corrected chi connectivity index (χ3v) is 5.63. The Hall–Kier alpha value is -2.94. The summed E-state index contributed by atoms with van der Waals surface area (Å²) in [6.45, 7) is 3.34. The Balaban J connectivity index is 1.66. The SMILES string of the molecule is Cc1nnc(N[C@H](C)c2cccc(C(F)(F)CO)c2)c2cc(N3CC[C@@H](F)C3)cnc12. The van der Waals surface area contributed by atoms with Gasteiger partial charge in [-0.2, -0.15) is 13.9 Å². The fourth-order valence-corrected chi connectivity index (χ4v) is 3.80. The van der Waals surface area contributed by atoms with Crippen molar-refractivity contribution < 1.29 is 18.3 Å². The lowest BCUT2D eigenvalue weighted by molar-refractivity contribution is -0.0556. The molecule has 2 N–H and O–H groups in total. The van der Waals surface area contributed by atoms with Crippen molar-refractivity contribution >= 4 is 22.4 Å². The summed E-state index contributed by atoms with van der Waals surface area (Å²) >= 11 is 0. The first-order valence-electron chi connectivity index (χ1n) is 10.2. The zero-order chi connectivity index (χ0) is 22.2. The lowest BCUT2D eigenvalue weighted by Crippen LogP contribution is -2.20. The fraction of sp³-hybridized carbons (Fsp3) is 0.409. The standard InChI is InChI=1S/C22H24F3N5O/c1-13(15-4-3-5-16(8-15)22(24,25)12-31)27-21-19-9-18(30-7-6-17(23)11-30)10-26-20(19)14(2)28-29-21/h3-5,8-10,13,17,31H,6-7,11-12H2,1-2H3,(H,27,29)/t13-,17-/m1/s1. The highest BCUT2D eigenvalue weighted by Gasteiger charge is 2.31. The van der Waals surface area contributed by atoms with Crippen LogP contribution >= 0.6 is 0 Å². The van der Waals surface area contributed by atoms with Crippen LogP contribution in [0, 0.1) is 6.92 Å². The van der Waals surface area contributed by atoms with Gasteiger partial charge in [0.05, 0.1) is 29.1 Å². The number of aryl methyl sites for hydroxylation is 1. The van der Waals surface area contributed by atoms with Crippen molar-refractivity contribution in [1.29, 1.82) is 0 Å². The van der Waals surface area contributed by atoms with E-state index >= 15 is 0 Å². The zero-order valence-electron chi connectivity index (χ0n) is 17.3. The maximum Gasteiger partial charge on any atom is 0.295 e. The molecule has 0 radical (unpaired) electrons. The van der Waals surface area contributed by atoms with Crippen molar-refractivity contribution in [3.63, 3.8) is 0 Å². The molecule has 0 amide bonds. The second-order valence-electron chi connectivity index (χ2n) is 7.91. The first-order valence-corrected chi connectivity index (χ1v) is 10.2. The normalized spacial score (nSPS) is 17.9. The summed E-state index contributed by atoms with van der Waals surface area (Å²) in [6, 6.07) is 7.47. The molecule has 1 fully saturated rings. The van der Waals surface area contributed by atoms with E-state index < -0.39 is 18.7 Å². The molecule has 31 heavy (non-hydrogen) atoms. The molecular weight excluding hydrogens is 407 g/mol. The molecule has 3 aromatic rings. The van der Waals surface area contributed by atoms with Crippen molar-refractivity contribution in [2.75, 3.05) is 29.9 Å². The summed E-state index contributed by atoms with van der Waals surface area (Å²) in [6.07, 6.45) is 1.35. The van der Waals surface area contributed by atoms with Crippen LogP contribution < -0.4 is 10.2 Å². The highest BCUT2D eigenvalue weighted by atomic mass is 19.3. The molecule has 0 spiro atoms. The number of hydrogen-bond acceptors (Lipinski definition) is 6. The van der Waals surface area contributed by atoms with Crippen LogP contribution in [0.2, 0.25) is 0 Å². The number of nitrogens with one attached hydrogen (secondary N) is 1. The quantitative estimate of drug-likeness (QED) is 0.611. The zero-order valence-corrected chi connectivity index (χ0v) is 17.3. The van der Waals surface area contributed by atoms with Crippen LogP contribution in [0.15, 0.2) is 36.5 Å². The number of alkyl halides is 3. The molecule has 4 rings (SSSR count). The van der Waals surface area contributed by atoms with Gasteiger partial charge in [0.2, 0.25) is 0 Å². The molecule has 0 bridgehead atoms. The van der Waals surface area contributed by atoms with Gasteiger partial charge in [0.1, 0.15) is 12.8 Å². The van der Waals surface area contributed by atoms with E-state index in [-0.39, 0.29) is 11.6 Å². The molecule has 0 unspecified atom stereocenters. The Kier molecular flexibility index (Phi) is 5.70. The maximum atomic E-state index is 13.9. The number of hydrogen-bond donors (Lipinski definition) is 2. The predicted molar refractivity (Wildman–Crippen MR) is 113 cm³/mol. The minimum absolute atomic E-state index is 0.250. The van der Waals surface area contributed by atoms with Crippen LogP contribution in [0.3, 0.4) is 0 Å². The van der Waals surface area contributed by atoms with Crippen LogP contribution in [-0.4, -0.2) is 46.2 Å². The summed E-state index contributed by atoms with van der Waals surface area (Å²) in [5.41, 5.74) is 2.50. The number of aromatic nitrogens is 3. The Bertz CT molecular complexity index is 1090. The minimum atomic E-state index is -3.31. The van der Waals surface area contributed by atoms with E-state index in [1.807, 2.05) is 24.8 Å². The van der Waals surface area contributed by atoms with Gasteiger partial charge in [-0.15, -0.1) is 5.10 Å². The van der Waals surface area contributed by atoms with Crippen molar-refractivity contribution in [3.05, 3.63) is 53.3 Å². The van der Waals surface area contributed by atoms with Gasteiger partial charge in [-0.25, -0.2) is 4.39 Å². The largest absolute Gasteiger partial charge is 0.390 e. The number of halogens is 3. The van der Waals surface area contributed by atoms with E-state index in [0.717, 1.165) is 11.1 Å². The molecule has 2 atom stereocenters. The number of fused-ring (bicyclic) bond motifs is 1. The van der Waals surface area contributed by atoms with Gasteiger partial charge < -0.3 is 15.3 Å². The fourth-order valence-electron chi connectivity index (χ4n) is 3.80. The molecule has 6 nitrogen and oxygen atoms in total. The van der Waals surface area contributed by atoms with E-state index in [9.17, 15) is 13.2 Å². The summed E-state index contributed by atoms with van der Waals surface area (Å²) in [5, 5.41) is 21.4. The first-order chi connectivity index (χ1) is 14.8. The van der Waals surface area contributed by atoms with Gasteiger partial charge in [-0.1, -0.05) is 18.2 Å². The van der Waals surface area contributed by atoms with Crippen LogP contribution in [0.4, 0.5) is 24.7 Å². The Morgan fingerprint density at radius 3 is 2.81 bits per heavy atom. The van der Waals surface area contributed by atoms with Gasteiger partial charge in [0.15, 0.2) is 5.82 Å². The number of rotatable bonds is 6. The molecule has 1 aromatic carbocycles. The molecule has 164 valence electrons. The molecule has 1 aliphatic heterocycles. The lowest BCUT2D eigenvalue weighted by atomic mass is 10.0. The molecule has 0 aliphatic carbocycles. The van der Waals surface area contributed by atoms with Crippen LogP contribution in [-0.2, 0) is 5.92 Å². The molecular formula is C22H24F3N5O. The van der Waals surface area contributed by atoms with Gasteiger partial charge in [0, 0.05) is 24.0 Å². The van der Waals surface area contributed by atoms with E-state index in [1.54, 1.807) is 12.3 Å². The molecule has 0 saturated carbocycles. The van der Waals surface area contributed by atoms with Gasteiger partial charge in [0.25, 0.3) is 5.92 Å². The smallest absolute Gasteiger partial charge is 0.295 e. The van der Waals surface area contributed by atoms with Crippen molar-refractivity contribution in [2.45, 2.75) is 38.4 Å². The first kappa shape index (κ1) is 21.3. The number of aliphatic hydroxyl groups excluding tert-OH is 1. The topological polar surface area (TPSA) is 74.2 Å². The van der Waals surface area contributed by atoms with Crippen molar-refractivity contribution in [2.24, 2.45) is 0 Å². The highest BCUT2D eigenvalue weighted by molar-refractivity contribution is 5.92. The molecule has 1 saturated heterocycles. The van der Waals surface area contributed by atoms with Gasteiger partial charge >= 0.3 is 0 Å². The lowest BCUT2D eigenvalue weighted by Gasteiger charge is -2.21. The Labute approximate surface area is 178 Å². The summed E-state index contributed by atoms with van der Waals surface area (Å²) < 4.78 is 41.4. The van der Waals surface area contributed by atoms with Crippen molar-refractivity contribution in [1.82, 2.24) is 15.2 Å². The van der Waals surface area contributed by atoms with E-state index in [2.05, 4.69) is 20.5 Å². The monoisotopic (exact) mass is 431 g/mol. The second kappa shape index (κ2) is 8.30. The number of nitrogens with zero attached hydrogens (tertiary/aromatic N) is 4. The number of benzene rings is 1. The molecule has 2 aromatic heterocycles. The molecule has 1 aliphatic rings. The summed E-state index contributed by atoms with van der Waals surface area (Å²) in [4.78, 5) is 6.46. The number of pyridine rings is 1. The maximum absolute atomic E-state index is 13.9. The number of anilines is 2. The van der Waals surface area contributed by atoms with E-state index in [4.69, 9.17) is 5.11 Å². The van der Waals surface area contributed by atoms with E-state index in [0.29, 0.717) is 42.1 Å². The average molecular weight is 431 g/mol. The summed E-state index contributed by atoms with van der Waals surface area (Å²) in [7, 11) is 0. The highest BCUT2D eigenvalue weighted by Crippen LogP contribution is 2.32. The molecule has 3 heterocycles. The van der Waals surface area contributed by atoms with Gasteiger partial charge in [-0.3, -0.25) is 4.98 Å². The van der Waals surface area contributed by atoms with Crippen LogP contribution in [0.5, 0.6) is 0 Å². The average Bonchev–Trinajstić information content (AvgIpc) is 3.22. The van der Waals surface area contributed by atoms with E-state index in [1.165, 1.54) is 18.2 Å². The van der Waals surface area contributed by atoms with Crippen LogP contribution in [0.1, 0.15) is 36.2 Å². The van der Waals surface area contributed by atoms with Crippen LogP contribution in [0.25, 0.3) is 10.9 Å². The second-order valence-corrected chi connectivity index (χ2v) is 7.91. The third kappa shape index (κ3) is 4.27.